The van der Waals surface area contributed by atoms with Gasteiger partial charge < -0.3 is 39.8 Å². The van der Waals surface area contributed by atoms with Crippen LogP contribution in [0.1, 0.15) is 31.9 Å². The van der Waals surface area contributed by atoms with Gasteiger partial charge in [-0.15, -0.1) is 0 Å². The summed E-state index contributed by atoms with van der Waals surface area (Å²) < 4.78 is 11.0. The van der Waals surface area contributed by atoms with Gasteiger partial charge in [0.1, 0.15) is 28.1 Å². The number of ether oxygens (including phenoxy) is 1. The van der Waals surface area contributed by atoms with E-state index in [9.17, 15) is 35.4 Å². The molecule has 1 aromatic heterocycles. The minimum atomic E-state index is -1.52. The molecule has 1 heterocycles. The summed E-state index contributed by atoms with van der Waals surface area (Å²) >= 11 is 0. The molecular weight excluding hydrogens is 432 g/mol. The van der Waals surface area contributed by atoms with Gasteiger partial charge in [0.2, 0.25) is 5.43 Å². The van der Waals surface area contributed by atoms with E-state index in [4.69, 9.17) is 9.15 Å². The molecule has 0 saturated heterocycles. The van der Waals surface area contributed by atoms with Crippen LogP contribution in [0.3, 0.4) is 0 Å². The lowest BCUT2D eigenvalue weighted by Crippen LogP contribution is -2.37. The van der Waals surface area contributed by atoms with Gasteiger partial charge >= 0.3 is 0 Å². The zero-order valence-electron chi connectivity index (χ0n) is 18.8. The molecule has 0 radical (unpaired) electrons. The first kappa shape index (κ1) is 24.4. The van der Waals surface area contributed by atoms with Gasteiger partial charge in [0.05, 0.1) is 30.8 Å². The number of allylic oxidation sites excluding steroid dienone is 1. The fourth-order valence-electron chi connectivity index (χ4n) is 3.63. The van der Waals surface area contributed by atoms with Crippen LogP contribution in [0.2, 0.25) is 0 Å². The Labute approximate surface area is 189 Å². The van der Waals surface area contributed by atoms with Crippen LogP contribution < -0.4 is 10.2 Å². The van der Waals surface area contributed by atoms with Gasteiger partial charge in [0.25, 0.3) is 0 Å². The lowest BCUT2D eigenvalue weighted by Gasteiger charge is -2.25. The van der Waals surface area contributed by atoms with Crippen molar-refractivity contribution in [1.29, 1.82) is 0 Å². The largest absolute Gasteiger partial charge is 0.507 e. The number of methoxy groups -OCH3 is 1. The van der Waals surface area contributed by atoms with Crippen molar-refractivity contribution in [2.75, 3.05) is 13.7 Å². The number of aliphatic hydroxyl groups is 3. The Hall–Kier alpha value is -3.27. The van der Waals surface area contributed by atoms with E-state index in [1.54, 1.807) is 13.0 Å². The zero-order chi connectivity index (χ0) is 24.7. The van der Waals surface area contributed by atoms with Crippen molar-refractivity contribution in [2.45, 2.75) is 45.3 Å². The third kappa shape index (κ3) is 4.47. The maximum absolute atomic E-state index is 13.5. The molecule has 0 bridgehead atoms. The fourth-order valence-corrected chi connectivity index (χ4v) is 3.63. The van der Waals surface area contributed by atoms with Gasteiger partial charge in [-0.1, -0.05) is 11.6 Å². The van der Waals surface area contributed by atoms with Gasteiger partial charge in [-0.2, -0.15) is 0 Å². The van der Waals surface area contributed by atoms with E-state index >= 15 is 0 Å². The number of fused-ring (bicyclic) bond motifs is 2. The summed E-state index contributed by atoms with van der Waals surface area (Å²) in [6, 6.07) is 2.35. The zero-order valence-corrected chi connectivity index (χ0v) is 18.8. The number of hydrogen-bond donors (Lipinski definition) is 6. The highest BCUT2D eigenvalue weighted by atomic mass is 16.5. The van der Waals surface area contributed by atoms with Gasteiger partial charge in [-0.05, 0) is 27.2 Å². The van der Waals surface area contributed by atoms with Crippen molar-refractivity contribution < 1.29 is 39.8 Å². The molecule has 9 nitrogen and oxygen atoms in total. The molecule has 2 aromatic carbocycles. The molecule has 1 unspecified atom stereocenters. The molecule has 9 heteroatoms. The van der Waals surface area contributed by atoms with Crippen molar-refractivity contribution in [2.24, 2.45) is 0 Å². The summed E-state index contributed by atoms with van der Waals surface area (Å²) in [4.78, 5) is 13.5. The summed E-state index contributed by atoms with van der Waals surface area (Å²) in [6.07, 6.45) is 0.138. The highest BCUT2D eigenvalue weighted by molar-refractivity contribution is 5.97. The van der Waals surface area contributed by atoms with Crippen LogP contribution in [0, 0.1) is 0 Å². The number of phenolic OH excluding ortho intramolecular Hbond substituents is 3. The predicted octanol–water partition coefficient (Wildman–Crippen LogP) is 2.23. The number of rotatable bonds is 7. The highest BCUT2D eigenvalue weighted by Crippen LogP contribution is 2.41. The summed E-state index contributed by atoms with van der Waals surface area (Å²) in [7, 11) is 1.33. The van der Waals surface area contributed by atoms with E-state index in [0.29, 0.717) is 11.1 Å². The molecule has 0 aliphatic rings. The molecule has 0 spiro atoms. The second-order valence-electron chi connectivity index (χ2n) is 8.59. The van der Waals surface area contributed by atoms with Crippen LogP contribution >= 0.6 is 0 Å². The molecule has 0 amide bonds. The van der Waals surface area contributed by atoms with E-state index in [2.05, 4.69) is 0 Å². The molecule has 33 heavy (non-hydrogen) atoms. The first-order valence-electron chi connectivity index (χ1n) is 10.3. The van der Waals surface area contributed by atoms with Gasteiger partial charge in [-0.25, -0.2) is 0 Å². The predicted molar refractivity (Wildman–Crippen MR) is 122 cm³/mol. The molecule has 0 aliphatic heterocycles. The number of hydrogen-bond acceptors (Lipinski definition) is 9. The molecule has 6 N–H and O–H groups in total. The van der Waals surface area contributed by atoms with Gasteiger partial charge in [0, 0.05) is 29.7 Å². The molecule has 3 rings (SSSR count). The molecule has 178 valence electrons. The van der Waals surface area contributed by atoms with Crippen LogP contribution in [0.15, 0.2) is 33.0 Å². The van der Waals surface area contributed by atoms with Crippen LogP contribution in [0.4, 0.5) is 0 Å². The Morgan fingerprint density at radius 2 is 1.73 bits per heavy atom. The first-order valence-corrected chi connectivity index (χ1v) is 10.3. The summed E-state index contributed by atoms with van der Waals surface area (Å²) in [5.41, 5.74) is -1.45. The monoisotopic (exact) mass is 460 g/mol. The fraction of sp³-hybridized carbons (Fsp3) is 0.375. The first-order chi connectivity index (χ1) is 15.4. The molecule has 0 aliphatic carbocycles. The van der Waals surface area contributed by atoms with Crippen molar-refractivity contribution in [3.8, 4) is 23.0 Å². The Bertz CT molecular complexity index is 1300. The standard InChI is InChI=1S/C24H28O9/c1-11(10-25)5-6-12-19-16(9-15(27)23(12)32-4)33-17-8-14(26)13(7-18(28)24(2,3)31)21(29)20(17)22(19)30/h5,8-9,18,25-29,31H,6-7,10H2,1-4H3/b11-5+. The lowest BCUT2D eigenvalue weighted by atomic mass is 9.93. The Morgan fingerprint density at radius 3 is 2.30 bits per heavy atom. The maximum atomic E-state index is 13.5. The topological polar surface area (TPSA) is 161 Å². The molecule has 3 aromatic rings. The van der Waals surface area contributed by atoms with E-state index in [1.807, 2.05) is 0 Å². The summed E-state index contributed by atoms with van der Waals surface area (Å²) in [5.74, 6) is -1.22. The smallest absolute Gasteiger partial charge is 0.204 e. The second kappa shape index (κ2) is 8.93. The Morgan fingerprint density at radius 1 is 1.12 bits per heavy atom. The molecule has 0 saturated carbocycles. The van der Waals surface area contributed by atoms with Crippen molar-refractivity contribution in [1.82, 2.24) is 0 Å². The van der Waals surface area contributed by atoms with Gasteiger partial charge in [0.15, 0.2) is 11.5 Å². The lowest BCUT2D eigenvalue weighted by molar-refractivity contribution is -0.0472. The van der Waals surface area contributed by atoms with Crippen molar-refractivity contribution in [3.63, 3.8) is 0 Å². The normalized spacial score (nSPS) is 13.6. The van der Waals surface area contributed by atoms with E-state index in [-0.39, 0.29) is 58.4 Å². The highest BCUT2D eigenvalue weighted by Gasteiger charge is 2.29. The van der Waals surface area contributed by atoms with Crippen molar-refractivity contribution in [3.05, 3.63) is 45.1 Å². The van der Waals surface area contributed by atoms with Crippen molar-refractivity contribution >= 4 is 21.9 Å². The number of benzene rings is 2. The molecule has 1 atom stereocenters. The summed E-state index contributed by atoms with van der Waals surface area (Å²) in [6.45, 7) is 4.26. The average molecular weight is 460 g/mol. The van der Waals surface area contributed by atoms with Crippen LogP contribution in [-0.4, -0.2) is 56.1 Å². The third-order valence-electron chi connectivity index (χ3n) is 5.66. The minimum absolute atomic E-state index is 0.0129. The number of aliphatic hydroxyl groups excluding tert-OH is 2. The number of phenols is 3. The third-order valence-corrected chi connectivity index (χ3v) is 5.66. The van der Waals surface area contributed by atoms with Crippen LogP contribution in [0.5, 0.6) is 23.0 Å². The number of aromatic hydroxyl groups is 3. The maximum Gasteiger partial charge on any atom is 0.204 e. The average Bonchev–Trinajstić information content (AvgIpc) is 2.73. The van der Waals surface area contributed by atoms with E-state index in [1.165, 1.54) is 27.0 Å². The summed E-state index contributed by atoms with van der Waals surface area (Å²) in [5, 5.41) is 61.1. The second-order valence-corrected chi connectivity index (χ2v) is 8.59. The minimum Gasteiger partial charge on any atom is -0.507 e. The SMILES string of the molecule is COc1c(O)cc2oc3cc(O)c(CC(O)C(C)(C)O)c(O)c3c(=O)c2c1C/C=C(\C)CO. The Kier molecular flexibility index (Phi) is 6.60. The van der Waals surface area contributed by atoms with E-state index in [0.717, 1.165) is 6.07 Å². The van der Waals surface area contributed by atoms with Crippen LogP contribution in [0.25, 0.3) is 21.9 Å². The van der Waals surface area contributed by atoms with Gasteiger partial charge in [-0.3, -0.25) is 4.79 Å². The molecule has 0 fully saturated rings. The Balaban J connectivity index is 2.38. The molecular formula is C24H28O9. The van der Waals surface area contributed by atoms with E-state index < -0.39 is 28.6 Å². The quantitative estimate of drug-likeness (QED) is 0.229. The van der Waals surface area contributed by atoms with Crippen LogP contribution in [-0.2, 0) is 12.8 Å².